The molecule has 174 valence electrons. The molecule has 0 heterocycles. The van der Waals surface area contributed by atoms with Crippen LogP contribution in [0.1, 0.15) is 93.1 Å². The van der Waals surface area contributed by atoms with Crippen molar-refractivity contribution in [2.75, 3.05) is 0 Å². The minimum Gasteiger partial charge on any atom is -0.507 e. The minimum absolute atomic E-state index is 0.0262. The van der Waals surface area contributed by atoms with E-state index < -0.39 is 23.3 Å². The molecule has 1 fully saturated rings. The van der Waals surface area contributed by atoms with Gasteiger partial charge >= 0.3 is 6.18 Å². The smallest absolute Gasteiger partial charge is 0.420 e. The van der Waals surface area contributed by atoms with Crippen molar-refractivity contribution in [2.24, 2.45) is 11.8 Å². The Hall–Kier alpha value is -2.30. The Morgan fingerprint density at radius 2 is 1.66 bits per heavy atom. The normalized spacial score (nSPS) is 20.2. The highest BCUT2D eigenvalue weighted by atomic mass is 19.4. The summed E-state index contributed by atoms with van der Waals surface area (Å²) in [5, 5.41) is 10.3. The van der Waals surface area contributed by atoms with Crippen LogP contribution in [0.15, 0.2) is 36.4 Å². The van der Waals surface area contributed by atoms with Crippen molar-refractivity contribution in [1.29, 1.82) is 0 Å². The molecule has 2 aromatic carbocycles. The van der Waals surface area contributed by atoms with Crippen LogP contribution in [-0.4, -0.2) is 10.9 Å². The van der Waals surface area contributed by atoms with Crippen molar-refractivity contribution >= 4 is 5.78 Å². The van der Waals surface area contributed by atoms with Crippen molar-refractivity contribution in [3.05, 3.63) is 53.1 Å². The van der Waals surface area contributed by atoms with Crippen LogP contribution in [0.2, 0.25) is 0 Å². The van der Waals surface area contributed by atoms with E-state index in [1.165, 1.54) is 37.8 Å². The Bertz CT molecular complexity index is 923. The van der Waals surface area contributed by atoms with Crippen molar-refractivity contribution in [1.82, 2.24) is 0 Å². The Morgan fingerprint density at radius 1 is 1.03 bits per heavy atom. The molecule has 1 unspecified atom stereocenters. The highest BCUT2D eigenvalue weighted by molar-refractivity contribution is 5.99. The lowest BCUT2D eigenvalue weighted by atomic mass is 9.73. The second-order valence-corrected chi connectivity index (χ2v) is 9.16. The Morgan fingerprint density at radius 3 is 2.19 bits per heavy atom. The van der Waals surface area contributed by atoms with Gasteiger partial charge in [0.25, 0.3) is 0 Å². The lowest BCUT2D eigenvalue weighted by molar-refractivity contribution is -0.138. The molecule has 0 radical (unpaired) electrons. The summed E-state index contributed by atoms with van der Waals surface area (Å²) in [4.78, 5) is 12.0. The van der Waals surface area contributed by atoms with E-state index in [1.54, 1.807) is 19.1 Å². The summed E-state index contributed by atoms with van der Waals surface area (Å²) in [6.07, 6.45) is 2.36. The maximum atomic E-state index is 13.8. The minimum atomic E-state index is -4.77. The van der Waals surface area contributed by atoms with Gasteiger partial charge in [-0.3, -0.25) is 4.79 Å². The number of carbonyl (C=O) groups is 1. The number of rotatable bonds is 7. The molecule has 0 aromatic heterocycles. The average molecular weight is 447 g/mol. The molecule has 0 saturated heterocycles. The number of Topliss-reactive ketones (excluding diaryl/α,β-unsaturated/α-hetero) is 1. The van der Waals surface area contributed by atoms with Crippen molar-refractivity contribution in [3.8, 4) is 16.9 Å². The molecule has 0 aliphatic heterocycles. The number of hydrogen-bond donors (Lipinski definition) is 1. The fourth-order valence-electron chi connectivity index (χ4n) is 5.18. The van der Waals surface area contributed by atoms with Crippen LogP contribution >= 0.6 is 0 Å². The van der Waals surface area contributed by atoms with Gasteiger partial charge in [-0.05, 0) is 66.2 Å². The Kier molecular flexibility index (Phi) is 7.68. The maximum Gasteiger partial charge on any atom is 0.420 e. The highest BCUT2D eigenvalue weighted by Gasteiger charge is 2.38. The second-order valence-electron chi connectivity index (χ2n) is 9.16. The van der Waals surface area contributed by atoms with Gasteiger partial charge in [0, 0.05) is 6.42 Å². The van der Waals surface area contributed by atoms with E-state index in [0.29, 0.717) is 11.5 Å². The van der Waals surface area contributed by atoms with Gasteiger partial charge in [0.1, 0.15) is 11.3 Å². The van der Waals surface area contributed by atoms with Gasteiger partial charge in [0.05, 0.1) is 5.56 Å². The molecule has 1 saturated carbocycles. The van der Waals surface area contributed by atoms with E-state index in [2.05, 4.69) is 13.8 Å². The molecule has 0 spiro atoms. The standard InChI is InChI=1S/C27H33F3O2/c1-4-6-17(3)18-7-9-19(10-8-18)20-11-13-21(14-12-20)22-15-16-23(24(31)5-2)26(32)25(22)27(28,29)30/h11-19,32H,4-10H2,1-3H3. The van der Waals surface area contributed by atoms with E-state index in [1.807, 2.05) is 12.1 Å². The topological polar surface area (TPSA) is 37.3 Å². The number of alkyl halides is 3. The van der Waals surface area contributed by atoms with Crippen LogP contribution in [0, 0.1) is 11.8 Å². The fraction of sp³-hybridized carbons (Fsp3) is 0.519. The first-order valence-corrected chi connectivity index (χ1v) is 11.7. The predicted molar refractivity (Wildman–Crippen MR) is 122 cm³/mol. The largest absolute Gasteiger partial charge is 0.507 e. The SMILES string of the molecule is CCCC(C)C1CCC(c2ccc(-c3ccc(C(=O)CC)c(O)c3C(F)(F)F)cc2)CC1. The summed E-state index contributed by atoms with van der Waals surface area (Å²) >= 11 is 0. The molecule has 2 nitrogen and oxygen atoms in total. The third-order valence-corrected chi connectivity index (χ3v) is 7.10. The second kappa shape index (κ2) is 10.1. The first-order valence-electron chi connectivity index (χ1n) is 11.7. The van der Waals surface area contributed by atoms with E-state index in [9.17, 15) is 23.1 Å². The van der Waals surface area contributed by atoms with Gasteiger partial charge in [-0.25, -0.2) is 0 Å². The van der Waals surface area contributed by atoms with Crippen LogP contribution in [0.5, 0.6) is 5.75 Å². The Labute approximate surface area is 188 Å². The molecule has 1 aliphatic rings. The maximum absolute atomic E-state index is 13.8. The molecule has 1 aliphatic carbocycles. The van der Waals surface area contributed by atoms with Crippen LogP contribution in [0.25, 0.3) is 11.1 Å². The van der Waals surface area contributed by atoms with E-state index in [-0.39, 0.29) is 17.5 Å². The van der Waals surface area contributed by atoms with Gasteiger partial charge < -0.3 is 5.11 Å². The summed E-state index contributed by atoms with van der Waals surface area (Å²) in [5.41, 5.74) is 0.0126. The number of benzene rings is 2. The fourth-order valence-corrected chi connectivity index (χ4v) is 5.18. The van der Waals surface area contributed by atoms with Crippen LogP contribution in [0.3, 0.4) is 0 Å². The van der Waals surface area contributed by atoms with Crippen LogP contribution in [0.4, 0.5) is 13.2 Å². The average Bonchev–Trinajstić information content (AvgIpc) is 2.78. The summed E-state index contributed by atoms with van der Waals surface area (Å²) in [7, 11) is 0. The van der Waals surface area contributed by atoms with Gasteiger partial charge in [-0.2, -0.15) is 13.2 Å². The Balaban J connectivity index is 1.84. The molecule has 3 rings (SSSR count). The summed E-state index contributed by atoms with van der Waals surface area (Å²) < 4.78 is 41.4. The third-order valence-electron chi connectivity index (χ3n) is 7.10. The van der Waals surface area contributed by atoms with E-state index in [4.69, 9.17) is 0 Å². The lowest BCUT2D eigenvalue weighted by Crippen LogP contribution is -2.19. The number of hydrogen-bond acceptors (Lipinski definition) is 2. The first kappa shape index (κ1) is 24.3. The molecule has 32 heavy (non-hydrogen) atoms. The predicted octanol–water partition coefficient (Wildman–Crippen LogP) is 8.38. The van der Waals surface area contributed by atoms with Crippen LogP contribution < -0.4 is 0 Å². The molecule has 1 N–H and O–H groups in total. The lowest BCUT2D eigenvalue weighted by Gasteiger charge is -2.32. The summed E-state index contributed by atoms with van der Waals surface area (Å²) in [6, 6.07) is 9.81. The highest BCUT2D eigenvalue weighted by Crippen LogP contribution is 2.45. The first-order chi connectivity index (χ1) is 15.2. The monoisotopic (exact) mass is 446 g/mol. The third kappa shape index (κ3) is 5.19. The molecule has 5 heteroatoms. The van der Waals surface area contributed by atoms with Crippen molar-refractivity contribution in [2.45, 2.75) is 77.8 Å². The van der Waals surface area contributed by atoms with Crippen molar-refractivity contribution < 1.29 is 23.1 Å². The molecule has 0 amide bonds. The summed E-state index contributed by atoms with van der Waals surface area (Å²) in [6.45, 7) is 6.12. The molecule has 0 bridgehead atoms. The quantitative estimate of drug-likeness (QED) is 0.434. The van der Waals surface area contributed by atoms with E-state index >= 15 is 0 Å². The molecule has 1 atom stereocenters. The zero-order valence-corrected chi connectivity index (χ0v) is 19.1. The molecule has 2 aromatic rings. The van der Waals surface area contributed by atoms with Crippen molar-refractivity contribution in [3.63, 3.8) is 0 Å². The molecular weight excluding hydrogens is 413 g/mol. The van der Waals surface area contributed by atoms with Gasteiger partial charge in [-0.15, -0.1) is 0 Å². The van der Waals surface area contributed by atoms with Gasteiger partial charge in [-0.1, -0.05) is 63.9 Å². The van der Waals surface area contributed by atoms with Gasteiger partial charge in [0.15, 0.2) is 5.78 Å². The number of aromatic hydroxyl groups is 1. The molecular formula is C27H33F3O2. The zero-order valence-electron chi connectivity index (χ0n) is 19.1. The summed E-state index contributed by atoms with van der Waals surface area (Å²) in [5.74, 6) is 0.463. The number of phenols is 1. The van der Waals surface area contributed by atoms with Crippen LogP contribution in [-0.2, 0) is 6.18 Å². The number of halogens is 3. The number of carbonyl (C=O) groups excluding carboxylic acids is 1. The number of phenolic OH excluding ortho intramolecular Hbond substituents is 1. The van der Waals surface area contributed by atoms with E-state index in [0.717, 1.165) is 30.2 Å². The van der Waals surface area contributed by atoms with Gasteiger partial charge in [0.2, 0.25) is 0 Å². The number of ketones is 1. The zero-order chi connectivity index (χ0) is 23.5.